The molecule has 0 aliphatic carbocycles. The number of halogens is 2. The topological polar surface area (TPSA) is 89.7 Å². The minimum atomic E-state index is -3.89. The van der Waals surface area contributed by atoms with Gasteiger partial charge in [0, 0.05) is 5.56 Å². The summed E-state index contributed by atoms with van der Waals surface area (Å²) in [6, 6.07) is 11.8. The maximum Gasteiger partial charge on any atom is 0.306 e. The number of benzene rings is 2. The Labute approximate surface area is 190 Å². The second kappa shape index (κ2) is 10.2. The number of oxazole rings is 1. The monoisotopic (exact) mass is 482 g/mol. The van der Waals surface area contributed by atoms with Crippen molar-refractivity contribution in [2.45, 2.75) is 19.9 Å². The quantitative estimate of drug-likeness (QED) is 0.401. The molecule has 0 unspecified atom stereocenters. The minimum absolute atomic E-state index is 0.0494. The Morgan fingerprint density at radius 3 is 2.55 bits per heavy atom. The van der Waals surface area contributed by atoms with E-state index < -0.39 is 21.7 Å². The third kappa shape index (κ3) is 5.78. The Morgan fingerprint density at radius 2 is 1.90 bits per heavy atom. The van der Waals surface area contributed by atoms with Gasteiger partial charge in [-0.25, -0.2) is 13.4 Å². The van der Waals surface area contributed by atoms with Crippen LogP contribution in [0.5, 0.6) is 0 Å². The lowest BCUT2D eigenvalue weighted by atomic mass is 10.1. The van der Waals surface area contributed by atoms with Crippen LogP contribution >= 0.6 is 23.2 Å². The van der Waals surface area contributed by atoms with Crippen LogP contribution in [0.25, 0.3) is 11.3 Å². The summed E-state index contributed by atoms with van der Waals surface area (Å²) in [7, 11) is -3.89. The molecule has 0 aliphatic rings. The highest BCUT2D eigenvalue weighted by molar-refractivity contribution is 7.92. The number of carbonyl (C=O) groups excluding carboxylic acids is 1. The fraction of sp³-hybridized carbons (Fsp3) is 0.238. The van der Waals surface area contributed by atoms with Gasteiger partial charge in [0.05, 0.1) is 47.3 Å². The number of hydrogen-bond acceptors (Lipinski definition) is 6. The molecule has 0 saturated carbocycles. The van der Waals surface area contributed by atoms with Crippen LogP contribution in [0, 0.1) is 0 Å². The number of esters is 1. The van der Waals surface area contributed by atoms with Crippen LogP contribution in [-0.4, -0.2) is 31.7 Å². The number of hydrogen-bond donors (Lipinski definition) is 0. The van der Waals surface area contributed by atoms with E-state index in [1.54, 1.807) is 55.6 Å². The van der Waals surface area contributed by atoms with E-state index in [9.17, 15) is 13.2 Å². The normalized spacial score (nSPS) is 11.3. The van der Waals surface area contributed by atoms with Crippen molar-refractivity contribution >= 4 is 44.9 Å². The number of nitrogens with zero attached hydrogens (tertiary/aromatic N) is 2. The predicted molar refractivity (Wildman–Crippen MR) is 120 cm³/mol. The summed E-state index contributed by atoms with van der Waals surface area (Å²) in [6.45, 7) is 1.80. The molecule has 2 aromatic carbocycles. The molecule has 0 bridgehead atoms. The summed E-state index contributed by atoms with van der Waals surface area (Å²) in [5.74, 6) is -0.429. The predicted octanol–water partition coefficient (Wildman–Crippen LogP) is 4.94. The first-order chi connectivity index (χ1) is 14.8. The van der Waals surface area contributed by atoms with Gasteiger partial charge in [-0.15, -0.1) is 0 Å². The molecule has 0 atom stereocenters. The lowest BCUT2D eigenvalue weighted by molar-refractivity contribution is -0.142. The van der Waals surface area contributed by atoms with Crippen LogP contribution in [0.3, 0.4) is 0 Å². The largest absolute Gasteiger partial charge is 0.466 e. The molecule has 1 heterocycles. The van der Waals surface area contributed by atoms with Gasteiger partial charge in [0.2, 0.25) is 10.0 Å². The average Bonchev–Trinajstić information content (AvgIpc) is 3.29. The van der Waals surface area contributed by atoms with Gasteiger partial charge >= 0.3 is 5.97 Å². The van der Waals surface area contributed by atoms with Gasteiger partial charge in [-0.1, -0.05) is 35.3 Å². The van der Waals surface area contributed by atoms with Crippen LogP contribution < -0.4 is 4.31 Å². The molecule has 10 heteroatoms. The van der Waals surface area contributed by atoms with Gasteiger partial charge in [0.1, 0.15) is 0 Å². The first-order valence-electron chi connectivity index (χ1n) is 9.39. The molecular weight excluding hydrogens is 463 g/mol. The van der Waals surface area contributed by atoms with E-state index in [-0.39, 0.29) is 24.6 Å². The standard InChI is InChI=1S/C21H20Cl2N2O5S/c1-2-29-20(26)10-11-31(27,28)25(13-16-4-3-5-18(22)21(16)23)17-8-6-15(7-9-17)19-12-24-14-30-19/h3-9,12,14H,2,10-11,13H2,1H3. The Morgan fingerprint density at radius 1 is 1.16 bits per heavy atom. The van der Waals surface area contributed by atoms with Crippen molar-refractivity contribution in [2.24, 2.45) is 0 Å². The molecule has 3 aromatic rings. The molecule has 7 nitrogen and oxygen atoms in total. The van der Waals surface area contributed by atoms with E-state index >= 15 is 0 Å². The zero-order chi connectivity index (χ0) is 22.4. The number of anilines is 1. The van der Waals surface area contributed by atoms with Crippen LogP contribution in [0.2, 0.25) is 10.0 Å². The van der Waals surface area contributed by atoms with Gasteiger partial charge < -0.3 is 9.15 Å². The molecule has 0 amide bonds. The van der Waals surface area contributed by atoms with Gasteiger partial charge in [-0.05, 0) is 42.8 Å². The number of rotatable bonds is 9. The molecule has 1 aromatic heterocycles. The summed E-state index contributed by atoms with van der Waals surface area (Å²) in [5, 5.41) is 0.594. The molecule has 0 N–H and O–H groups in total. The van der Waals surface area contributed by atoms with E-state index in [1.807, 2.05) is 0 Å². The SMILES string of the molecule is CCOC(=O)CCS(=O)(=O)N(Cc1cccc(Cl)c1Cl)c1ccc(-c2cnco2)cc1. The number of ether oxygens (including phenoxy) is 1. The van der Waals surface area contributed by atoms with Crippen molar-refractivity contribution in [3.63, 3.8) is 0 Å². The van der Waals surface area contributed by atoms with Crippen molar-refractivity contribution in [1.82, 2.24) is 4.98 Å². The molecule has 164 valence electrons. The highest BCUT2D eigenvalue weighted by Gasteiger charge is 2.25. The zero-order valence-corrected chi connectivity index (χ0v) is 19.0. The third-order valence-corrected chi connectivity index (χ3v) is 7.01. The fourth-order valence-corrected chi connectivity index (χ4v) is 4.69. The maximum atomic E-state index is 13.2. The highest BCUT2D eigenvalue weighted by atomic mass is 35.5. The van der Waals surface area contributed by atoms with Crippen molar-refractivity contribution in [2.75, 3.05) is 16.7 Å². The third-order valence-electron chi connectivity index (χ3n) is 4.42. The lowest BCUT2D eigenvalue weighted by Crippen LogP contribution is -2.33. The molecule has 0 aliphatic heterocycles. The first-order valence-corrected chi connectivity index (χ1v) is 11.8. The minimum Gasteiger partial charge on any atom is -0.466 e. The Balaban J connectivity index is 1.93. The summed E-state index contributed by atoms with van der Waals surface area (Å²) in [6.07, 6.45) is 2.62. The van der Waals surface area contributed by atoms with E-state index in [2.05, 4.69) is 4.98 Å². The maximum absolute atomic E-state index is 13.2. The van der Waals surface area contributed by atoms with Crippen molar-refractivity contribution < 1.29 is 22.4 Å². The van der Waals surface area contributed by atoms with E-state index in [1.165, 1.54) is 10.7 Å². The molecule has 3 rings (SSSR count). The van der Waals surface area contributed by atoms with Crippen LogP contribution in [0.15, 0.2) is 59.5 Å². The summed E-state index contributed by atoms with van der Waals surface area (Å²) in [5.41, 5.74) is 1.68. The van der Waals surface area contributed by atoms with E-state index in [4.69, 9.17) is 32.4 Å². The summed E-state index contributed by atoms with van der Waals surface area (Å²) >= 11 is 12.4. The van der Waals surface area contributed by atoms with Crippen LogP contribution in [-0.2, 0) is 26.1 Å². The molecule has 0 saturated heterocycles. The summed E-state index contributed by atoms with van der Waals surface area (Å²) in [4.78, 5) is 15.6. The lowest BCUT2D eigenvalue weighted by Gasteiger charge is -2.25. The van der Waals surface area contributed by atoms with Crippen molar-refractivity contribution in [3.8, 4) is 11.3 Å². The molecule has 0 spiro atoms. The summed E-state index contributed by atoms with van der Waals surface area (Å²) < 4.78 is 37.7. The average molecular weight is 483 g/mol. The van der Waals surface area contributed by atoms with Crippen LogP contribution in [0.1, 0.15) is 18.9 Å². The zero-order valence-electron chi connectivity index (χ0n) is 16.6. The second-order valence-corrected chi connectivity index (χ2v) is 9.30. The Bertz CT molecular complexity index is 1130. The first kappa shape index (κ1) is 23.1. The van der Waals surface area contributed by atoms with Gasteiger partial charge in [-0.3, -0.25) is 9.10 Å². The second-order valence-electron chi connectivity index (χ2n) is 6.50. The Kier molecular flexibility index (Phi) is 7.59. The number of sulfonamides is 1. The van der Waals surface area contributed by atoms with Gasteiger partial charge in [0.15, 0.2) is 12.2 Å². The van der Waals surface area contributed by atoms with Gasteiger partial charge in [0.25, 0.3) is 0 Å². The molecular formula is C21H20Cl2N2O5S. The van der Waals surface area contributed by atoms with E-state index in [0.717, 1.165) is 5.56 Å². The van der Waals surface area contributed by atoms with Crippen molar-refractivity contribution in [3.05, 3.63) is 70.7 Å². The molecule has 0 radical (unpaired) electrons. The smallest absolute Gasteiger partial charge is 0.306 e. The van der Waals surface area contributed by atoms with E-state index in [0.29, 0.717) is 22.0 Å². The number of carbonyl (C=O) groups is 1. The molecule has 0 fully saturated rings. The Hall–Kier alpha value is -2.55. The number of aromatic nitrogens is 1. The fourth-order valence-electron chi connectivity index (χ4n) is 2.88. The highest BCUT2D eigenvalue weighted by Crippen LogP contribution is 2.31. The van der Waals surface area contributed by atoms with Crippen molar-refractivity contribution in [1.29, 1.82) is 0 Å². The molecule has 31 heavy (non-hydrogen) atoms. The van der Waals surface area contributed by atoms with Crippen LogP contribution in [0.4, 0.5) is 5.69 Å². The van der Waals surface area contributed by atoms with Gasteiger partial charge in [-0.2, -0.15) is 0 Å².